The lowest BCUT2D eigenvalue weighted by molar-refractivity contribution is 0.861. The summed E-state index contributed by atoms with van der Waals surface area (Å²) in [5.41, 5.74) is 11.8. The first kappa shape index (κ1) is 15.1. The van der Waals surface area contributed by atoms with Crippen LogP contribution < -0.4 is 0 Å². The van der Waals surface area contributed by atoms with E-state index in [0.29, 0.717) is 5.92 Å². The van der Waals surface area contributed by atoms with Gasteiger partial charge in [-0.25, -0.2) is 0 Å². The maximum absolute atomic E-state index is 2.32. The van der Waals surface area contributed by atoms with Gasteiger partial charge in [-0.15, -0.1) is 0 Å². The average Bonchev–Trinajstić information content (AvgIpc) is 2.39. The first-order chi connectivity index (χ1) is 9.20. The van der Waals surface area contributed by atoms with E-state index >= 15 is 0 Å². The van der Waals surface area contributed by atoms with Crippen LogP contribution in [0.15, 0.2) is 0 Å². The van der Waals surface area contributed by atoms with E-state index in [2.05, 4.69) is 62.3 Å². The summed E-state index contributed by atoms with van der Waals surface area (Å²) in [6.45, 7) is 20.6. The molecule has 108 valence electrons. The van der Waals surface area contributed by atoms with Crippen molar-refractivity contribution in [2.45, 2.75) is 68.2 Å². The Labute approximate surface area is 124 Å². The van der Waals surface area contributed by atoms with Crippen molar-refractivity contribution in [3.8, 4) is 0 Å². The lowest BCUT2D eigenvalue weighted by atomic mass is 9.80. The van der Waals surface area contributed by atoms with Gasteiger partial charge in [-0.1, -0.05) is 13.8 Å². The Morgan fingerprint density at radius 2 is 0.800 bits per heavy atom. The predicted molar refractivity (Wildman–Crippen MR) is 91.2 cm³/mol. The van der Waals surface area contributed by atoms with Crippen LogP contribution in [0.3, 0.4) is 0 Å². The average molecular weight is 268 g/mol. The van der Waals surface area contributed by atoms with E-state index in [0.717, 1.165) is 0 Å². The molecule has 0 saturated heterocycles. The number of hydrogen-bond donors (Lipinski definition) is 0. The Morgan fingerprint density at radius 3 is 1.20 bits per heavy atom. The third-order valence-electron chi connectivity index (χ3n) is 5.44. The van der Waals surface area contributed by atoms with Gasteiger partial charge in [0.2, 0.25) is 0 Å². The number of fused-ring (bicyclic) bond motifs is 1. The highest BCUT2D eigenvalue weighted by molar-refractivity contribution is 5.97. The van der Waals surface area contributed by atoms with Crippen molar-refractivity contribution >= 4 is 10.8 Å². The third-order valence-corrected chi connectivity index (χ3v) is 5.44. The number of hydrogen-bond acceptors (Lipinski definition) is 0. The van der Waals surface area contributed by atoms with Crippen LogP contribution in [0.2, 0.25) is 0 Å². The van der Waals surface area contributed by atoms with Crippen LogP contribution in [0, 0.1) is 48.5 Å². The Kier molecular flexibility index (Phi) is 3.71. The number of benzene rings is 2. The fourth-order valence-corrected chi connectivity index (χ4v) is 3.70. The molecule has 0 aliphatic heterocycles. The first-order valence-corrected chi connectivity index (χ1v) is 7.69. The summed E-state index contributed by atoms with van der Waals surface area (Å²) >= 11 is 0. The van der Waals surface area contributed by atoms with E-state index in [1.807, 2.05) is 0 Å². The standard InChI is InChI=1S/C20H28/c1-10(2)18-14(6)13(5)16(8)19-15(7)11(3)12(4)17(9)20(18)19/h10H,1-9H3. The van der Waals surface area contributed by atoms with Gasteiger partial charge < -0.3 is 0 Å². The van der Waals surface area contributed by atoms with Gasteiger partial charge >= 0.3 is 0 Å². The van der Waals surface area contributed by atoms with E-state index in [1.54, 1.807) is 5.56 Å². The quantitative estimate of drug-likeness (QED) is 0.584. The second kappa shape index (κ2) is 4.91. The van der Waals surface area contributed by atoms with E-state index < -0.39 is 0 Å². The van der Waals surface area contributed by atoms with E-state index in [1.165, 1.54) is 49.7 Å². The molecule has 0 bridgehead atoms. The molecule has 20 heavy (non-hydrogen) atoms. The smallest absolute Gasteiger partial charge is 0.0109 e. The summed E-state index contributed by atoms with van der Waals surface area (Å²) in [5.74, 6) is 0.567. The zero-order chi connectivity index (χ0) is 15.4. The maximum Gasteiger partial charge on any atom is -0.0109 e. The van der Waals surface area contributed by atoms with Gasteiger partial charge in [0.1, 0.15) is 0 Å². The van der Waals surface area contributed by atoms with Crippen molar-refractivity contribution in [3.63, 3.8) is 0 Å². The Morgan fingerprint density at radius 1 is 0.450 bits per heavy atom. The number of aryl methyl sites for hydroxylation is 3. The van der Waals surface area contributed by atoms with Gasteiger partial charge in [-0.2, -0.15) is 0 Å². The van der Waals surface area contributed by atoms with Crippen LogP contribution in [0.4, 0.5) is 0 Å². The van der Waals surface area contributed by atoms with Crippen LogP contribution in [0.25, 0.3) is 10.8 Å². The zero-order valence-electron chi connectivity index (χ0n) is 14.6. The van der Waals surface area contributed by atoms with E-state index in [-0.39, 0.29) is 0 Å². The summed E-state index contributed by atoms with van der Waals surface area (Å²) in [5, 5.41) is 3.01. The van der Waals surface area contributed by atoms with Crippen LogP contribution in [0.5, 0.6) is 0 Å². The summed E-state index contributed by atoms with van der Waals surface area (Å²) in [6.07, 6.45) is 0. The molecule has 0 heterocycles. The molecule has 0 heteroatoms. The van der Waals surface area contributed by atoms with Crippen LogP contribution in [0.1, 0.15) is 64.3 Å². The summed E-state index contributed by atoms with van der Waals surface area (Å²) < 4.78 is 0. The molecule has 0 nitrogen and oxygen atoms in total. The molecule has 0 saturated carbocycles. The number of rotatable bonds is 1. The van der Waals surface area contributed by atoms with Gasteiger partial charge in [-0.05, 0) is 110 Å². The molecule has 0 amide bonds. The summed E-state index contributed by atoms with van der Waals surface area (Å²) in [7, 11) is 0. The van der Waals surface area contributed by atoms with Crippen molar-refractivity contribution in [1.29, 1.82) is 0 Å². The lowest BCUT2D eigenvalue weighted by Gasteiger charge is -2.24. The normalized spacial score (nSPS) is 11.7. The molecule has 0 aliphatic carbocycles. The molecular formula is C20H28. The lowest BCUT2D eigenvalue weighted by Crippen LogP contribution is -2.05. The molecule has 0 aromatic heterocycles. The van der Waals surface area contributed by atoms with Gasteiger partial charge in [0.25, 0.3) is 0 Å². The molecule has 2 aromatic carbocycles. The fraction of sp³-hybridized carbons (Fsp3) is 0.500. The summed E-state index contributed by atoms with van der Waals surface area (Å²) in [4.78, 5) is 0. The first-order valence-electron chi connectivity index (χ1n) is 7.69. The highest BCUT2D eigenvalue weighted by atomic mass is 14.2. The van der Waals surface area contributed by atoms with Crippen molar-refractivity contribution in [2.75, 3.05) is 0 Å². The Bertz CT molecular complexity index is 692. The minimum absolute atomic E-state index is 0.567. The zero-order valence-corrected chi connectivity index (χ0v) is 14.6. The predicted octanol–water partition coefficient (Wildman–Crippen LogP) is 6.12. The SMILES string of the molecule is Cc1c(C)c(C)c2c(C(C)C)c(C)c(C)c(C)c2c1C. The molecule has 0 aliphatic rings. The molecule has 0 unspecified atom stereocenters. The third kappa shape index (κ3) is 1.89. The molecule has 2 aromatic rings. The maximum atomic E-state index is 2.32. The second-order valence-electron chi connectivity index (χ2n) is 6.69. The van der Waals surface area contributed by atoms with E-state index in [9.17, 15) is 0 Å². The summed E-state index contributed by atoms with van der Waals surface area (Å²) in [6, 6.07) is 0. The Hall–Kier alpha value is -1.30. The molecule has 0 radical (unpaired) electrons. The van der Waals surface area contributed by atoms with Crippen LogP contribution >= 0.6 is 0 Å². The molecular weight excluding hydrogens is 240 g/mol. The minimum atomic E-state index is 0.567. The molecule has 0 N–H and O–H groups in total. The van der Waals surface area contributed by atoms with Crippen molar-refractivity contribution in [3.05, 3.63) is 44.5 Å². The largest absolute Gasteiger partial charge is 0.0586 e. The Balaban J connectivity index is 3.22. The minimum Gasteiger partial charge on any atom is -0.0586 e. The van der Waals surface area contributed by atoms with Gasteiger partial charge in [0, 0.05) is 0 Å². The topological polar surface area (TPSA) is 0 Å². The van der Waals surface area contributed by atoms with Gasteiger partial charge in [0.15, 0.2) is 0 Å². The molecule has 0 atom stereocenters. The fourth-order valence-electron chi connectivity index (χ4n) is 3.70. The molecule has 0 fully saturated rings. The highest BCUT2D eigenvalue weighted by Crippen LogP contribution is 2.39. The van der Waals surface area contributed by atoms with Crippen molar-refractivity contribution in [1.82, 2.24) is 0 Å². The van der Waals surface area contributed by atoms with Gasteiger partial charge in [-0.3, -0.25) is 0 Å². The monoisotopic (exact) mass is 268 g/mol. The van der Waals surface area contributed by atoms with Crippen molar-refractivity contribution < 1.29 is 0 Å². The van der Waals surface area contributed by atoms with Gasteiger partial charge in [0.05, 0.1) is 0 Å². The van der Waals surface area contributed by atoms with Crippen molar-refractivity contribution in [2.24, 2.45) is 0 Å². The highest BCUT2D eigenvalue weighted by Gasteiger charge is 2.19. The molecule has 0 spiro atoms. The molecule has 2 rings (SSSR count). The second-order valence-corrected chi connectivity index (χ2v) is 6.69. The van der Waals surface area contributed by atoms with Crippen LogP contribution in [-0.4, -0.2) is 0 Å². The van der Waals surface area contributed by atoms with Crippen LogP contribution in [-0.2, 0) is 0 Å². The van der Waals surface area contributed by atoms with E-state index in [4.69, 9.17) is 0 Å².